The molecular weight excluding hydrogens is 510 g/mol. The first kappa shape index (κ1) is 28.4. The van der Waals surface area contributed by atoms with Gasteiger partial charge in [0.05, 0.1) is 23.3 Å². The quantitative estimate of drug-likeness (QED) is 0.428. The van der Waals surface area contributed by atoms with Gasteiger partial charge >= 0.3 is 12.4 Å². The number of hydrogen-bond donors (Lipinski definition) is 1. The molecule has 4 nitrogen and oxygen atoms in total. The molecule has 0 bridgehead atoms. The average molecular weight is 543 g/mol. The Morgan fingerprint density at radius 1 is 0.921 bits per heavy atom. The Morgan fingerprint density at radius 3 is 2.05 bits per heavy atom. The van der Waals surface area contributed by atoms with Crippen LogP contribution in [0.15, 0.2) is 48.5 Å². The molecule has 2 fully saturated rings. The largest absolute Gasteiger partial charge is 0.416 e. The summed E-state index contributed by atoms with van der Waals surface area (Å²) < 4.78 is 86.5. The van der Waals surface area contributed by atoms with Crippen LogP contribution >= 0.6 is 0 Å². The molecule has 4 rings (SSSR count). The SMILES string of the molecule is C[C@H](O[C@H]1CCN(C(=O)C2CCC(N)CC2)C[C@H]1c1ccccc1)c1cc(C(F)(F)F)cc(C(F)(F)F)c1. The highest BCUT2D eigenvalue weighted by molar-refractivity contribution is 5.79. The number of benzene rings is 2. The van der Waals surface area contributed by atoms with E-state index in [1.807, 2.05) is 35.2 Å². The summed E-state index contributed by atoms with van der Waals surface area (Å²) in [6.45, 7) is 2.22. The number of nitrogens with two attached hydrogens (primary N) is 1. The van der Waals surface area contributed by atoms with Crippen LogP contribution in [0.1, 0.15) is 73.3 Å². The summed E-state index contributed by atoms with van der Waals surface area (Å²) in [5.41, 5.74) is 3.94. The van der Waals surface area contributed by atoms with Crippen LogP contribution in [-0.2, 0) is 21.9 Å². The predicted molar refractivity (Wildman–Crippen MR) is 130 cm³/mol. The molecule has 38 heavy (non-hydrogen) atoms. The van der Waals surface area contributed by atoms with E-state index < -0.39 is 35.7 Å². The Balaban J connectivity index is 1.56. The van der Waals surface area contributed by atoms with E-state index >= 15 is 0 Å². The summed E-state index contributed by atoms with van der Waals surface area (Å²) >= 11 is 0. The molecule has 1 heterocycles. The number of rotatable bonds is 5. The summed E-state index contributed by atoms with van der Waals surface area (Å²) in [7, 11) is 0. The van der Waals surface area contributed by atoms with Gasteiger partial charge in [0.15, 0.2) is 0 Å². The average Bonchev–Trinajstić information content (AvgIpc) is 2.88. The maximum Gasteiger partial charge on any atom is 0.416 e. The number of nitrogens with zero attached hydrogens (tertiary/aromatic N) is 1. The van der Waals surface area contributed by atoms with Crippen LogP contribution < -0.4 is 5.73 Å². The lowest BCUT2D eigenvalue weighted by Crippen LogP contribution is -2.48. The Bertz CT molecular complexity index is 1060. The lowest BCUT2D eigenvalue weighted by molar-refractivity contribution is -0.143. The maximum absolute atomic E-state index is 13.4. The molecule has 208 valence electrons. The van der Waals surface area contributed by atoms with Crippen molar-refractivity contribution in [1.82, 2.24) is 4.90 Å². The van der Waals surface area contributed by atoms with E-state index in [0.717, 1.165) is 31.2 Å². The van der Waals surface area contributed by atoms with Crippen molar-refractivity contribution in [3.63, 3.8) is 0 Å². The summed E-state index contributed by atoms with van der Waals surface area (Å²) in [5, 5.41) is 0. The molecule has 0 radical (unpaired) electrons. The Labute approximate surface area is 218 Å². The molecule has 0 aromatic heterocycles. The number of halogens is 6. The van der Waals surface area contributed by atoms with Crippen LogP contribution in [0.25, 0.3) is 0 Å². The summed E-state index contributed by atoms with van der Waals surface area (Å²) in [5.74, 6) is -0.305. The van der Waals surface area contributed by atoms with Crippen molar-refractivity contribution in [3.05, 3.63) is 70.8 Å². The molecule has 3 atom stereocenters. The van der Waals surface area contributed by atoms with Crippen molar-refractivity contribution in [1.29, 1.82) is 0 Å². The topological polar surface area (TPSA) is 55.6 Å². The van der Waals surface area contributed by atoms with Gasteiger partial charge in [0.2, 0.25) is 5.91 Å². The first-order valence-electron chi connectivity index (χ1n) is 12.9. The third-order valence-electron chi connectivity index (χ3n) is 7.67. The third-order valence-corrected chi connectivity index (χ3v) is 7.67. The second-order valence-corrected chi connectivity index (χ2v) is 10.4. The van der Waals surface area contributed by atoms with Gasteiger partial charge in [-0.05, 0) is 68.4 Å². The fourth-order valence-electron chi connectivity index (χ4n) is 5.49. The number of hydrogen-bond acceptors (Lipinski definition) is 3. The van der Waals surface area contributed by atoms with Gasteiger partial charge in [-0.15, -0.1) is 0 Å². The molecule has 2 aliphatic rings. The molecule has 0 unspecified atom stereocenters. The van der Waals surface area contributed by atoms with Gasteiger partial charge in [-0.25, -0.2) is 0 Å². The lowest BCUT2D eigenvalue weighted by Gasteiger charge is -2.41. The maximum atomic E-state index is 13.4. The summed E-state index contributed by atoms with van der Waals surface area (Å²) in [6, 6.07) is 11.0. The van der Waals surface area contributed by atoms with Crippen LogP contribution in [0.5, 0.6) is 0 Å². The minimum absolute atomic E-state index is 0.0667. The standard InChI is InChI=1S/C28H32F6N2O2/c1-17(20-13-21(27(29,30)31)15-22(14-20)28(32,33)34)38-25-11-12-36(16-24(25)18-5-3-2-4-6-18)26(37)19-7-9-23(35)10-8-19/h2-6,13-15,17,19,23-25H,7-12,16,35H2,1H3/t17-,19?,23?,24-,25-/m0/s1. The second kappa shape index (κ2) is 11.3. The van der Waals surface area contributed by atoms with E-state index in [-0.39, 0.29) is 35.4 Å². The molecule has 1 aliphatic heterocycles. The van der Waals surface area contributed by atoms with E-state index in [9.17, 15) is 31.1 Å². The molecule has 10 heteroatoms. The number of ether oxygens (including phenoxy) is 1. The van der Waals surface area contributed by atoms with Gasteiger partial charge < -0.3 is 15.4 Å². The van der Waals surface area contributed by atoms with Crippen molar-refractivity contribution in [2.24, 2.45) is 11.7 Å². The van der Waals surface area contributed by atoms with Crippen molar-refractivity contribution < 1.29 is 35.9 Å². The zero-order valence-corrected chi connectivity index (χ0v) is 21.1. The molecule has 1 saturated heterocycles. The van der Waals surface area contributed by atoms with Crippen LogP contribution in [-0.4, -0.2) is 36.0 Å². The number of piperidine rings is 1. The Kier molecular flexibility index (Phi) is 8.42. The molecule has 1 saturated carbocycles. The van der Waals surface area contributed by atoms with Gasteiger partial charge in [0.1, 0.15) is 0 Å². The molecular formula is C28H32F6N2O2. The first-order chi connectivity index (χ1) is 17.8. The third kappa shape index (κ3) is 6.69. The molecule has 0 spiro atoms. The lowest BCUT2D eigenvalue weighted by atomic mass is 9.83. The van der Waals surface area contributed by atoms with Crippen LogP contribution in [0.3, 0.4) is 0 Å². The number of alkyl halides is 6. The summed E-state index contributed by atoms with van der Waals surface area (Å²) in [4.78, 5) is 15.1. The highest BCUT2D eigenvalue weighted by Gasteiger charge is 2.39. The smallest absolute Gasteiger partial charge is 0.370 e. The van der Waals surface area contributed by atoms with Crippen molar-refractivity contribution in [2.75, 3.05) is 13.1 Å². The number of carbonyl (C=O) groups excluding carboxylic acids is 1. The van der Waals surface area contributed by atoms with Gasteiger partial charge in [-0.2, -0.15) is 26.3 Å². The number of amides is 1. The fourth-order valence-corrected chi connectivity index (χ4v) is 5.49. The van der Waals surface area contributed by atoms with Gasteiger partial charge in [0.25, 0.3) is 0 Å². The van der Waals surface area contributed by atoms with Gasteiger partial charge in [-0.1, -0.05) is 30.3 Å². The van der Waals surface area contributed by atoms with Crippen LogP contribution in [0.4, 0.5) is 26.3 Å². The molecule has 2 N–H and O–H groups in total. The number of likely N-dealkylation sites (tertiary alicyclic amines) is 1. The van der Waals surface area contributed by atoms with E-state index in [0.29, 0.717) is 31.6 Å². The summed E-state index contributed by atoms with van der Waals surface area (Å²) in [6.07, 6.45) is -7.92. The first-order valence-corrected chi connectivity index (χ1v) is 12.9. The molecule has 1 aliphatic carbocycles. The number of carbonyl (C=O) groups is 1. The van der Waals surface area contributed by atoms with Crippen molar-refractivity contribution >= 4 is 5.91 Å². The highest BCUT2D eigenvalue weighted by atomic mass is 19.4. The van der Waals surface area contributed by atoms with Gasteiger partial charge in [0, 0.05) is 31.0 Å². The van der Waals surface area contributed by atoms with E-state index in [4.69, 9.17) is 10.5 Å². The van der Waals surface area contributed by atoms with Crippen LogP contribution in [0.2, 0.25) is 0 Å². The van der Waals surface area contributed by atoms with E-state index in [1.54, 1.807) is 0 Å². The fraction of sp³-hybridized carbons (Fsp3) is 0.536. The van der Waals surface area contributed by atoms with E-state index in [2.05, 4.69) is 0 Å². The van der Waals surface area contributed by atoms with Gasteiger partial charge in [-0.3, -0.25) is 4.79 Å². The molecule has 2 aromatic carbocycles. The minimum Gasteiger partial charge on any atom is -0.370 e. The second-order valence-electron chi connectivity index (χ2n) is 10.4. The predicted octanol–water partition coefficient (Wildman–Crippen LogP) is 6.70. The van der Waals surface area contributed by atoms with Crippen molar-refractivity contribution in [2.45, 2.75) is 75.5 Å². The zero-order chi connectivity index (χ0) is 27.7. The van der Waals surface area contributed by atoms with E-state index in [1.165, 1.54) is 6.92 Å². The normalized spacial score (nSPS) is 25.7. The van der Waals surface area contributed by atoms with Crippen LogP contribution in [0, 0.1) is 5.92 Å². The highest BCUT2D eigenvalue weighted by Crippen LogP contribution is 2.40. The Hall–Kier alpha value is -2.59. The monoisotopic (exact) mass is 542 g/mol. The zero-order valence-electron chi connectivity index (χ0n) is 21.1. The molecule has 1 amide bonds. The Morgan fingerprint density at radius 2 is 1.50 bits per heavy atom. The molecule has 2 aromatic rings. The minimum atomic E-state index is -4.93. The van der Waals surface area contributed by atoms with Crippen molar-refractivity contribution in [3.8, 4) is 0 Å².